The highest BCUT2D eigenvalue weighted by atomic mass is 32.1. The van der Waals surface area contributed by atoms with E-state index in [1.54, 1.807) is 12.3 Å². The Bertz CT molecular complexity index is 1040. The highest BCUT2D eigenvalue weighted by Gasteiger charge is 2.21. The Labute approximate surface area is 167 Å². The van der Waals surface area contributed by atoms with Crippen LogP contribution in [-0.2, 0) is 28.8 Å². The van der Waals surface area contributed by atoms with Gasteiger partial charge in [-0.2, -0.15) is 0 Å². The predicted molar refractivity (Wildman–Crippen MR) is 110 cm³/mol. The largest absolute Gasteiger partial charge is 0.466 e. The van der Waals surface area contributed by atoms with E-state index in [0.717, 1.165) is 23.7 Å². The van der Waals surface area contributed by atoms with Crippen LogP contribution in [0.5, 0.6) is 0 Å². The maximum absolute atomic E-state index is 12.7. The number of hydrogen-bond acceptors (Lipinski definition) is 5. The van der Waals surface area contributed by atoms with Gasteiger partial charge >= 0.3 is 5.97 Å². The molecule has 2 aromatic heterocycles. The van der Waals surface area contributed by atoms with Crippen LogP contribution in [0.2, 0.25) is 0 Å². The number of H-pyrrole nitrogens is 1. The Kier molecular flexibility index (Phi) is 5.17. The molecule has 0 saturated carbocycles. The number of carbonyl (C=O) groups is 2. The molecular weight excluding hydrogens is 374 g/mol. The number of benzene rings is 1. The Morgan fingerprint density at radius 2 is 2.25 bits per heavy atom. The van der Waals surface area contributed by atoms with Gasteiger partial charge in [0, 0.05) is 27.5 Å². The number of nitrogens with one attached hydrogen (secondary N) is 2. The van der Waals surface area contributed by atoms with Crippen LogP contribution in [0.4, 0.5) is 5.13 Å². The van der Waals surface area contributed by atoms with Crippen molar-refractivity contribution in [1.82, 2.24) is 9.97 Å². The number of rotatable bonds is 5. The second kappa shape index (κ2) is 7.75. The normalized spacial score (nSPS) is 16.0. The van der Waals surface area contributed by atoms with E-state index in [1.165, 1.54) is 29.0 Å². The lowest BCUT2D eigenvalue weighted by molar-refractivity contribution is -0.142. The summed E-state index contributed by atoms with van der Waals surface area (Å²) in [6.45, 7) is 4.38. The maximum atomic E-state index is 12.7. The number of fused-ring (bicyclic) bond motifs is 3. The number of amides is 1. The van der Waals surface area contributed by atoms with E-state index >= 15 is 0 Å². The second-order valence-electron chi connectivity index (χ2n) is 7.27. The third-order valence-corrected chi connectivity index (χ3v) is 5.91. The van der Waals surface area contributed by atoms with Gasteiger partial charge in [0.15, 0.2) is 5.13 Å². The number of carbonyl (C=O) groups excluding carboxylic acids is 2. The van der Waals surface area contributed by atoms with Crippen molar-refractivity contribution in [3.8, 4) is 0 Å². The van der Waals surface area contributed by atoms with Gasteiger partial charge in [0.1, 0.15) is 0 Å². The molecule has 28 heavy (non-hydrogen) atoms. The van der Waals surface area contributed by atoms with Gasteiger partial charge in [-0.25, -0.2) is 4.98 Å². The zero-order valence-electron chi connectivity index (χ0n) is 16.0. The number of aromatic amines is 1. The quantitative estimate of drug-likeness (QED) is 0.635. The molecule has 2 heterocycles. The summed E-state index contributed by atoms with van der Waals surface area (Å²) in [6, 6.07) is 5.77. The number of aryl methyl sites for hydroxylation is 1. The maximum Gasteiger partial charge on any atom is 0.311 e. The van der Waals surface area contributed by atoms with Crippen molar-refractivity contribution >= 4 is 39.2 Å². The minimum Gasteiger partial charge on any atom is -0.466 e. The number of thiazole rings is 1. The molecule has 0 aliphatic heterocycles. The van der Waals surface area contributed by atoms with Crippen LogP contribution in [0.25, 0.3) is 10.9 Å². The molecule has 7 heteroatoms. The number of hydrogen-bond donors (Lipinski definition) is 2. The molecule has 6 nitrogen and oxygen atoms in total. The smallest absolute Gasteiger partial charge is 0.311 e. The van der Waals surface area contributed by atoms with E-state index in [9.17, 15) is 9.59 Å². The topological polar surface area (TPSA) is 84.1 Å². The number of esters is 1. The van der Waals surface area contributed by atoms with E-state index in [4.69, 9.17) is 4.74 Å². The first kappa shape index (κ1) is 18.7. The van der Waals surface area contributed by atoms with Crippen molar-refractivity contribution in [2.24, 2.45) is 5.92 Å². The molecule has 1 amide bonds. The van der Waals surface area contributed by atoms with E-state index in [2.05, 4.69) is 22.2 Å². The number of nitrogens with zero attached hydrogens (tertiary/aromatic N) is 1. The van der Waals surface area contributed by atoms with Gasteiger partial charge in [-0.15, -0.1) is 11.3 Å². The molecule has 3 aromatic rings. The number of aromatic nitrogens is 2. The van der Waals surface area contributed by atoms with Gasteiger partial charge in [-0.1, -0.05) is 6.92 Å². The third kappa shape index (κ3) is 3.80. The lowest BCUT2D eigenvalue weighted by Crippen LogP contribution is -2.12. The molecule has 146 valence electrons. The average Bonchev–Trinajstić information content (AvgIpc) is 3.25. The minimum absolute atomic E-state index is 0.111. The molecule has 2 N–H and O–H groups in total. The lowest BCUT2D eigenvalue weighted by Gasteiger charge is -2.18. The molecule has 0 saturated heterocycles. The highest BCUT2D eigenvalue weighted by molar-refractivity contribution is 7.14. The summed E-state index contributed by atoms with van der Waals surface area (Å²) in [5.74, 6) is 0.150. The van der Waals surface area contributed by atoms with E-state index < -0.39 is 0 Å². The molecule has 4 rings (SSSR count). The van der Waals surface area contributed by atoms with Crippen molar-refractivity contribution in [2.75, 3.05) is 11.9 Å². The number of anilines is 1. The summed E-state index contributed by atoms with van der Waals surface area (Å²) in [6.07, 6.45) is 3.42. The highest BCUT2D eigenvalue weighted by Crippen LogP contribution is 2.32. The van der Waals surface area contributed by atoms with Gasteiger partial charge in [0.2, 0.25) is 0 Å². The Hall–Kier alpha value is -2.67. The van der Waals surface area contributed by atoms with Crippen LogP contribution < -0.4 is 5.32 Å². The van der Waals surface area contributed by atoms with Gasteiger partial charge in [0.25, 0.3) is 5.91 Å². The van der Waals surface area contributed by atoms with Crippen molar-refractivity contribution in [3.05, 3.63) is 46.1 Å². The van der Waals surface area contributed by atoms with Crippen LogP contribution in [-0.4, -0.2) is 28.5 Å². The zero-order valence-corrected chi connectivity index (χ0v) is 16.8. The Morgan fingerprint density at radius 1 is 1.39 bits per heavy atom. The van der Waals surface area contributed by atoms with Crippen molar-refractivity contribution in [1.29, 1.82) is 0 Å². The Balaban J connectivity index is 1.51. The zero-order chi connectivity index (χ0) is 19.7. The first-order valence-electron chi connectivity index (χ1n) is 9.58. The van der Waals surface area contributed by atoms with Gasteiger partial charge in [0.05, 0.1) is 18.7 Å². The molecule has 0 unspecified atom stereocenters. The number of ether oxygens (including phenoxy) is 1. The van der Waals surface area contributed by atoms with Crippen LogP contribution in [0.15, 0.2) is 23.6 Å². The molecule has 1 atom stereocenters. The first-order valence-corrected chi connectivity index (χ1v) is 10.5. The fourth-order valence-corrected chi connectivity index (χ4v) is 4.41. The van der Waals surface area contributed by atoms with Crippen LogP contribution in [0.1, 0.15) is 47.6 Å². The predicted octanol–water partition coefficient (Wildman–Crippen LogP) is 4.11. The third-order valence-electron chi connectivity index (χ3n) is 5.10. The molecule has 0 fully saturated rings. The Morgan fingerprint density at radius 3 is 3.07 bits per heavy atom. The summed E-state index contributed by atoms with van der Waals surface area (Å²) in [4.78, 5) is 32.1. The summed E-state index contributed by atoms with van der Waals surface area (Å²) < 4.78 is 4.93. The van der Waals surface area contributed by atoms with Crippen LogP contribution >= 0.6 is 11.3 Å². The first-order chi connectivity index (χ1) is 13.5. The molecule has 1 aliphatic rings. The standard InChI is InChI=1S/C21H23N3O3S/c1-3-27-19(25)10-14-11-28-21(22-14)24-20(26)13-5-7-18-16(9-13)15-8-12(2)4-6-17(15)23-18/h5,7,9,11-12,23H,3-4,6,8,10H2,1-2H3,(H,22,24,26)/t12-/m1/s1. The molecule has 0 bridgehead atoms. The van der Waals surface area contributed by atoms with Crippen LogP contribution in [0, 0.1) is 5.92 Å². The van der Waals surface area contributed by atoms with E-state index in [-0.39, 0.29) is 18.3 Å². The summed E-state index contributed by atoms with van der Waals surface area (Å²) in [7, 11) is 0. The van der Waals surface area contributed by atoms with Crippen molar-refractivity contribution in [2.45, 2.75) is 39.5 Å². The van der Waals surface area contributed by atoms with Gasteiger partial charge in [-0.05, 0) is 55.9 Å². The summed E-state index contributed by atoms with van der Waals surface area (Å²) in [5, 5.41) is 6.22. The van der Waals surface area contributed by atoms with E-state index in [1.807, 2.05) is 18.2 Å². The fraction of sp³-hybridized carbons (Fsp3) is 0.381. The molecule has 1 aliphatic carbocycles. The summed E-state index contributed by atoms with van der Waals surface area (Å²) in [5.41, 5.74) is 4.93. The fourth-order valence-electron chi connectivity index (χ4n) is 3.71. The molecule has 1 aromatic carbocycles. The van der Waals surface area contributed by atoms with Crippen molar-refractivity contribution in [3.63, 3.8) is 0 Å². The molecule has 0 spiro atoms. The second-order valence-corrected chi connectivity index (χ2v) is 8.13. The lowest BCUT2D eigenvalue weighted by atomic mass is 9.87. The average molecular weight is 398 g/mol. The SMILES string of the molecule is CCOC(=O)Cc1csc(NC(=O)c2ccc3[nH]c4c(c3c2)C[C@H](C)CC4)n1. The molecular formula is C21H23N3O3S. The van der Waals surface area contributed by atoms with Crippen LogP contribution in [0.3, 0.4) is 0 Å². The monoisotopic (exact) mass is 397 g/mol. The molecule has 0 radical (unpaired) electrons. The van der Waals surface area contributed by atoms with Gasteiger partial charge in [-0.3, -0.25) is 14.9 Å². The van der Waals surface area contributed by atoms with E-state index in [0.29, 0.717) is 28.9 Å². The minimum atomic E-state index is -0.317. The van der Waals surface area contributed by atoms with Gasteiger partial charge < -0.3 is 9.72 Å². The summed E-state index contributed by atoms with van der Waals surface area (Å²) >= 11 is 1.30. The van der Waals surface area contributed by atoms with Crippen molar-refractivity contribution < 1.29 is 14.3 Å².